The van der Waals surface area contributed by atoms with Gasteiger partial charge in [-0.15, -0.1) is 0 Å². The van der Waals surface area contributed by atoms with E-state index in [0.717, 1.165) is 16.5 Å². The Morgan fingerprint density at radius 1 is 1.44 bits per heavy atom. The first-order chi connectivity index (χ1) is 8.56. The molecular weight excluding hydrogens is 248 g/mol. The molecule has 0 unspecified atom stereocenters. The van der Waals surface area contributed by atoms with Gasteiger partial charge in [0.1, 0.15) is 11.6 Å². The molecule has 0 fully saturated rings. The van der Waals surface area contributed by atoms with Gasteiger partial charge in [0.05, 0.1) is 0 Å². The van der Waals surface area contributed by atoms with Crippen LogP contribution in [0.4, 0.5) is 10.8 Å². The summed E-state index contributed by atoms with van der Waals surface area (Å²) in [5.74, 6) is 1.38. The van der Waals surface area contributed by atoms with Crippen molar-refractivity contribution < 1.29 is 5.11 Å². The maximum absolute atomic E-state index is 9.68. The molecule has 1 aromatic carbocycles. The third kappa shape index (κ3) is 2.89. The Kier molecular flexibility index (Phi) is 3.66. The largest absolute Gasteiger partial charge is 0.508 e. The molecule has 0 aliphatic heterocycles. The van der Waals surface area contributed by atoms with Crippen LogP contribution in [-0.4, -0.2) is 14.5 Å². The van der Waals surface area contributed by atoms with Crippen molar-refractivity contribution in [2.24, 2.45) is 0 Å². The summed E-state index contributed by atoms with van der Waals surface area (Å²) in [5.41, 5.74) is 7.05. The van der Waals surface area contributed by atoms with Crippen LogP contribution >= 0.6 is 11.5 Å². The van der Waals surface area contributed by atoms with Gasteiger partial charge in [0.2, 0.25) is 5.13 Å². The van der Waals surface area contributed by atoms with E-state index < -0.39 is 0 Å². The highest BCUT2D eigenvalue weighted by molar-refractivity contribution is 7.09. The molecule has 0 atom stereocenters. The first-order valence-electron chi connectivity index (χ1n) is 5.71. The lowest BCUT2D eigenvalue weighted by Gasteiger charge is -2.06. The summed E-state index contributed by atoms with van der Waals surface area (Å²) in [4.78, 5) is 4.36. The minimum Gasteiger partial charge on any atom is -0.508 e. The smallest absolute Gasteiger partial charge is 0.202 e. The van der Waals surface area contributed by atoms with Crippen molar-refractivity contribution in [2.45, 2.75) is 26.3 Å². The van der Waals surface area contributed by atoms with Crippen LogP contribution in [0.15, 0.2) is 18.2 Å². The number of phenolic OH excluding ortho intramolecular Hbond substituents is 1. The van der Waals surface area contributed by atoms with Gasteiger partial charge < -0.3 is 16.2 Å². The second kappa shape index (κ2) is 5.22. The second-order valence-electron chi connectivity index (χ2n) is 4.35. The van der Waals surface area contributed by atoms with Gasteiger partial charge in [-0.2, -0.15) is 4.37 Å². The SMILES string of the molecule is CC(C)c1nsc(NCc2cc(N)ccc2O)n1. The van der Waals surface area contributed by atoms with Crippen molar-refractivity contribution >= 4 is 22.4 Å². The predicted molar refractivity (Wildman–Crippen MR) is 73.8 cm³/mol. The second-order valence-corrected chi connectivity index (χ2v) is 5.11. The molecule has 0 saturated carbocycles. The topological polar surface area (TPSA) is 84.1 Å². The number of hydrogen-bond donors (Lipinski definition) is 3. The maximum atomic E-state index is 9.68. The molecule has 18 heavy (non-hydrogen) atoms. The van der Waals surface area contributed by atoms with E-state index in [1.54, 1.807) is 18.2 Å². The maximum Gasteiger partial charge on any atom is 0.202 e. The number of phenols is 1. The van der Waals surface area contributed by atoms with Crippen LogP contribution in [-0.2, 0) is 6.54 Å². The van der Waals surface area contributed by atoms with Crippen LogP contribution in [0.3, 0.4) is 0 Å². The molecule has 1 heterocycles. The fraction of sp³-hybridized carbons (Fsp3) is 0.333. The van der Waals surface area contributed by atoms with E-state index in [1.165, 1.54) is 11.5 Å². The van der Waals surface area contributed by atoms with E-state index in [4.69, 9.17) is 5.73 Å². The molecule has 0 aliphatic carbocycles. The third-order valence-corrected chi connectivity index (χ3v) is 3.18. The Bertz CT molecular complexity index is 539. The van der Waals surface area contributed by atoms with Crippen molar-refractivity contribution in [3.63, 3.8) is 0 Å². The number of nitrogens with one attached hydrogen (secondary N) is 1. The van der Waals surface area contributed by atoms with Crippen molar-refractivity contribution in [3.8, 4) is 5.75 Å². The molecule has 4 N–H and O–H groups in total. The summed E-state index contributed by atoms with van der Waals surface area (Å²) in [7, 11) is 0. The summed E-state index contributed by atoms with van der Waals surface area (Å²) in [6.07, 6.45) is 0. The van der Waals surface area contributed by atoms with Crippen LogP contribution in [0.1, 0.15) is 31.2 Å². The number of nitrogens with zero attached hydrogens (tertiary/aromatic N) is 2. The lowest BCUT2D eigenvalue weighted by atomic mass is 10.2. The van der Waals surface area contributed by atoms with Gasteiger partial charge >= 0.3 is 0 Å². The van der Waals surface area contributed by atoms with Crippen LogP contribution in [0, 0.1) is 0 Å². The van der Waals surface area contributed by atoms with E-state index in [9.17, 15) is 5.11 Å². The normalized spacial score (nSPS) is 10.8. The lowest BCUT2D eigenvalue weighted by Crippen LogP contribution is -2.00. The first kappa shape index (κ1) is 12.6. The fourth-order valence-corrected chi connectivity index (χ4v) is 2.16. The minimum atomic E-state index is 0.227. The van der Waals surface area contributed by atoms with Crippen LogP contribution in [0.2, 0.25) is 0 Å². The number of aromatic hydroxyl groups is 1. The van der Waals surface area contributed by atoms with E-state index in [2.05, 4.69) is 28.5 Å². The zero-order valence-electron chi connectivity index (χ0n) is 10.3. The fourth-order valence-electron chi connectivity index (χ4n) is 1.46. The number of hydrogen-bond acceptors (Lipinski definition) is 6. The number of aromatic nitrogens is 2. The lowest BCUT2D eigenvalue weighted by molar-refractivity contribution is 0.469. The molecule has 2 rings (SSSR count). The Hall–Kier alpha value is -1.82. The van der Waals surface area contributed by atoms with Gasteiger partial charge in [0.25, 0.3) is 0 Å². The molecule has 1 aromatic heterocycles. The molecule has 0 bridgehead atoms. The quantitative estimate of drug-likeness (QED) is 0.584. The molecule has 0 aliphatic rings. The zero-order chi connectivity index (χ0) is 13.1. The molecule has 2 aromatic rings. The van der Waals surface area contributed by atoms with Gasteiger partial charge in [-0.1, -0.05) is 13.8 Å². The summed E-state index contributed by atoms with van der Waals surface area (Å²) in [6.45, 7) is 4.58. The molecule has 0 amide bonds. The molecule has 0 spiro atoms. The van der Waals surface area contributed by atoms with Gasteiger partial charge in [0.15, 0.2) is 0 Å². The van der Waals surface area contributed by atoms with Crippen molar-refractivity contribution in [1.82, 2.24) is 9.36 Å². The Balaban J connectivity index is 2.04. The molecule has 0 saturated heterocycles. The Morgan fingerprint density at radius 2 is 2.22 bits per heavy atom. The van der Waals surface area contributed by atoms with Crippen molar-refractivity contribution in [1.29, 1.82) is 0 Å². The van der Waals surface area contributed by atoms with E-state index in [0.29, 0.717) is 18.2 Å². The van der Waals surface area contributed by atoms with E-state index in [1.807, 2.05) is 0 Å². The van der Waals surface area contributed by atoms with Crippen molar-refractivity contribution in [3.05, 3.63) is 29.6 Å². The standard InChI is InChI=1S/C12H16N4OS/c1-7(2)11-15-12(18-16-11)14-6-8-5-9(13)3-4-10(8)17/h3-5,7,17H,6,13H2,1-2H3,(H,14,15,16). The Morgan fingerprint density at radius 3 is 2.89 bits per heavy atom. The highest BCUT2D eigenvalue weighted by Crippen LogP contribution is 2.22. The summed E-state index contributed by atoms with van der Waals surface area (Å²) >= 11 is 1.32. The molecule has 6 heteroatoms. The van der Waals surface area contributed by atoms with Crippen LogP contribution in [0.25, 0.3) is 0 Å². The van der Waals surface area contributed by atoms with Gasteiger partial charge in [0, 0.05) is 35.2 Å². The van der Waals surface area contributed by atoms with Crippen LogP contribution < -0.4 is 11.1 Å². The summed E-state index contributed by atoms with van der Waals surface area (Å²) in [5, 5.41) is 13.6. The molecule has 5 nitrogen and oxygen atoms in total. The molecular formula is C12H16N4OS. The van der Waals surface area contributed by atoms with Gasteiger partial charge in [-0.3, -0.25) is 0 Å². The first-order valence-corrected chi connectivity index (χ1v) is 6.48. The highest BCUT2D eigenvalue weighted by Gasteiger charge is 2.08. The van der Waals surface area contributed by atoms with Crippen molar-refractivity contribution in [2.75, 3.05) is 11.1 Å². The average molecular weight is 264 g/mol. The van der Waals surface area contributed by atoms with Crippen LogP contribution in [0.5, 0.6) is 5.75 Å². The third-order valence-electron chi connectivity index (χ3n) is 2.49. The summed E-state index contributed by atoms with van der Waals surface area (Å²) in [6, 6.07) is 5.00. The number of benzene rings is 1. The van der Waals surface area contributed by atoms with Gasteiger partial charge in [-0.05, 0) is 18.2 Å². The van der Waals surface area contributed by atoms with E-state index in [-0.39, 0.29) is 5.75 Å². The average Bonchev–Trinajstić information content (AvgIpc) is 2.79. The van der Waals surface area contributed by atoms with Gasteiger partial charge in [-0.25, -0.2) is 4.98 Å². The van der Waals surface area contributed by atoms with E-state index >= 15 is 0 Å². The highest BCUT2D eigenvalue weighted by atomic mass is 32.1. The monoisotopic (exact) mass is 264 g/mol. The minimum absolute atomic E-state index is 0.227. The number of nitrogens with two attached hydrogens (primary N) is 1. The predicted octanol–water partition coefficient (Wildman–Crippen LogP) is 2.56. The molecule has 0 radical (unpaired) electrons. The zero-order valence-corrected chi connectivity index (χ0v) is 11.2. The number of rotatable bonds is 4. The molecule has 96 valence electrons. The summed E-state index contributed by atoms with van der Waals surface area (Å²) < 4.78 is 4.25. The Labute approximate surface area is 110 Å². The number of anilines is 2. The number of nitrogen functional groups attached to an aromatic ring is 1.